The van der Waals surface area contributed by atoms with Gasteiger partial charge in [-0.1, -0.05) is 121 Å². The van der Waals surface area contributed by atoms with Crippen LogP contribution in [0.2, 0.25) is 0 Å². The molecule has 3 heterocycles. The molecule has 0 saturated heterocycles. The number of benzene rings is 8. The number of aromatic nitrogens is 3. The van der Waals surface area contributed by atoms with E-state index in [1.807, 2.05) is 40.9 Å². The van der Waals surface area contributed by atoms with Crippen molar-refractivity contribution in [3.8, 4) is 34.2 Å². The summed E-state index contributed by atoms with van der Waals surface area (Å²) in [5, 5.41) is 12.4. The quantitative estimate of drug-likeness (QED) is 0.176. The van der Waals surface area contributed by atoms with Crippen LogP contribution in [0, 0.1) is 0 Å². The van der Waals surface area contributed by atoms with Gasteiger partial charge in [-0.05, 0) is 57.3 Å². The van der Waals surface area contributed by atoms with Gasteiger partial charge in [0, 0.05) is 62.4 Å². The normalized spacial score (nSPS) is 12.0. The fourth-order valence-corrected chi connectivity index (χ4v) is 10.1. The van der Waals surface area contributed by atoms with E-state index in [9.17, 15) is 0 Å². The molecule has 0 fully saturated rings. The topological polar surface area (TPSA) is 38.7 Å². The van der Waals surface area contributed by atoms with Gasteiger partial charge in [0.05, 0.1) is 0 Å². The summed E-state index contributed by atoms with van der Waals surface area (Å²) in [6.07, 6.45) is 0. The maximum absolute atomic E-state index is 5.32. The van der Waals surface area contributed by atoms with E-state index >= 15 is 0 Å². The lowest BCUT2D eigenvalue weighted by Crippen LogP contribution is -2.00. The summed E-state index contributed by atoms with van der Waals surface area (Å²) in [6.45, 7) is 0. The van der Waals surface area contributed by atoms with Gasteiger partial charge in [0.15, 0.2) is 17.5 Å². The molecule has 0 amide bonds. The monoisotopic (exact) mass is 671 g/mol. The fraction of sp³-hybridized carbons (Fsp3) is 0. The van der Waals surface area contributed by atoms with Crippen molar-refractivity contribution >= 4 is 95.3 Å². The SMILES string of the molecule is c1ccc(-c2nc(-c3ccc4sc5ccccc5c4c3)nc(-c3cc4ccc5ccccc5c4c4sc5c6ccccc6ccc5c34)n2)cc1. The van der Waals surface area contributed by atoms with Gasteiger partial charge < -0.3 is 0 Å². The molecule has 11 rings (SSSR count). The van der Waals surface area contributed by atoms with Gasteiger partial charge in [-0.2, -0.15) is 0 Å². The van der Waals surface area contributed by atoms with Crippen molar-refractivity contribution in [2.45, 2.75) is 0 Å². The molecule has 3 nitrogen and oxygen atoms in total. The van der Waals surface area contributed by atoms with Crippen LogP contribution in [0.4, 0.5) is 0 Å². The highest BCUT2D eigenvalue weighted by Gasteiger charge is 2.21. The van der Waals surface area contributed by atoms with Gasteiger partial charge in [0.1, 0.15) is 0 Å². The highest BCUT2D eigenvalue weighted by atomic mass is 32.1. The molecule has 5 heteroatoms. The molecule has 0 N–H and O–H groups in total. The van der Waals surface area contributed by atoms with E-state index in [1.165, 1.54) is 72.7 Å². The average molecular weight is 672 g/mol. The van der Waals surface area contributed by atoms with Crippen molar-refractivity contribution in [2.24, 2.45) is 0 Å². The van der Waals surface area contributed by atoms with Gasteiger partial charge >= 0.3 is 0 Å². The van der Waals surface area contributed by atoms with Gasteiger partial charge in [-0.3, -0.25) is 0 Å². The van der Waals surface area contributed by atoms with Crippen LogP contribution < -0.4 is 0 Å². The van der Waals surface area contributed by atoms with Crippen molar-refractivity contribution in [2.75, 3.05) is 0 Å². The first-order valence-electron chi connectivity index (χ1n) is 16.7. The van der Waals surface area contributed by atoms with Crippen molar-refractivity contribution in [3.63, 3.8) is 0 Å². The molecule has 0 aliphatic rings. The summed E-state index contributed by atoms with van der Waals surface area (Å²) < 4.78 is 5.08. The minimum absolute atomic E-state index is 0.664. The molecule has 3 aromatic heterocycles. The lowest BCUT2D eigenvalue weighted by molar-refractivity contribution is 1.08. The van der Waals surface area contributed by atoms with Crippen molar-refractivity contribution < 1.29 is 0 Å². The molecule has 0 aliphatic carbocycles. The molecule has 11 aromatic rings. The number of nitrogens with zero attached hydrogens (tertiary/aromatic N) is 3. The summed E-state index contributed by atoms with van der Waals surface area (Å²) in [4.78, 5) is 15.7. The Kier molecular flexibility index (Phi) is 5.99. The van der Waals surface area contributed by atoms with Crippen LogP contribution in [0.3, 0.4) is 0 Å². The molecular weight excluding hydrogens is 647 g/mol. The standard InChI is InChI=1S/C45H25N3S2/c1-2-12-28(13-3-1)43-46-44(30-21-23-38-35(25-30)33-16-8-9-17-37(33)49-38)48-45(47-43)36-24-29-19-18-26-10-4-6-14-31(26)39(29)42-40(36)34-22-20-27-11-5-7-15-32(27)41(34)50-42/h1-25H. The van der Waals surface area contributed by atoms with Crippen LogP contribution >= 0.6 is 22.7 Å². The first-order chi connectivity index (χ1) is 24.8. The van der Waals surface area contributed by atoms with Gasteiger partial charge in [0.2, 0.25) is 0 Å². The van der Waals surface area contributed by atoms with E-state index in [1.54, 1.807) is 0 Å². The zero-order chi connectivity index (χ0) is 32.8. The maximum atomic E-state index is 5.32. The van der Waals surface area contributed by atoms with E-state index in [-0.39, 0.29) is 0 Å². The molecule has 0 spiro atoms. The number of fused-ring (bicyclic) bond motifs is 12. The molecule has 232 valence electrons. The van der Waals surface area contributed by atoms with Crippen molar-refractivity contribution in [1.82, 2.24) is 15.0 Å². The lowest BCUT2D eigenvalue weighted by Gasteiger charge is -2.12. The Morgan fingerprint density at radius 1 is 0.340 bits per heavy atom. The fourth-order valence-electron chi connectivity index (χ4n) is 7.54. The van der Waals surface area contributed by atoms with Crippen LogP contribution in [0.5, 0.6) is 0 Å². The number of rotatable bonds is 3. The predicted octanol–water partition coefficient (Wildman–Crippen LogP) is 13.1. The average Bonchev–Trinajstić information content (AvgIpc) is 3.76. The Hall–Kier alpha value is -6.01. The third-order valence-electron chi connectivity index (χ3n) is 9.88. The third kappa shape index (κ3) is 4.18. The number of hydrogen-bond acceptors (Lipinski definition) is 5. The molecular formula is C45H25N3S2. The molecule has 0 radical (unpaired) electrons. The smallest absolute Gasteiger partial charge is 0.164 e. The summed E-state index contributed by atoms with van der Waals surface area (Å²) in [7, 11) is 0. The van der Waals surface area contributed by atoms with Crippen molar-refractivity contribution in [3.05, 3.63) is 152 Å². The second kappa shape index (κ2) is 10.7. The Morgan fingerprint density at radius 3 is 1.84 bits per heavy atom. The Bertz CT molecular complexity index is 3160. The van der Waals surface area contributed by atoms with Crippen LogP contribution in [0.15, 0.2) is 152 Å². The van der Waals surface area contributed by atoms with Gasteiger partial charge in [-0.25, -0.2) is 15.0 Å². The molecule has 0 saturated carbocycles. The summed E-state index contributed by atoms with van der Waals surface area (Å²) in [6, 6.07) is 54.2. The maximum Gasteiger partial charge on any atom is 0.164 e. The number of thiophene rings is 2. The predicted molar refractivity (Wildman–Crippen MR) is 214 cm³/mol. The lowest BCUT2D eigenvalue weighted by atomic mass is 9.95. The van der Waals surface area contributed by atoms with Crippen LogP contribution in [0.25, 0.3) is 107 Å². The molecule has 0 atom stereocenters. The van der Waals surface area contributed by atoms with Crippen molar-refractivity contribution in [1.29, 1.82) is 0 Å². The minimum atomic E-state index is 0.664. The summed E-state index contributed by atoms with van der Waals surface area (Å²) >= 11 is 3.70. The molecule has 50 heavy (non-hydrogen) atoms. The van der Waals surface area contributed by atoms with Crippen LogP contribution in [-0.4, -0.2) is 15.0 Å². The highest BCUT2D eigenvalue weighted by Crippen LogP contribution is 2.47. The second-order valence-corrected chi connectivity index (χ2v) is 14.9. The van der Waals surface area contributed by atoms with Crippen LogP contribution in [-0.2, 0) is 0 Å². The van der Waals surface area contributed by atoms with E-state index < -0.39 is 0 Å². The summed E-state index contributed by atoms with van der Waals surface area (Å²) in [5.41, 5.74) is 2.96. The molecule has 0 aliphatic heterocycles. The van der Waals surface area contributed by atoms with Crippen LogP contribution in [0.1, 0.15) is 0 Å². The van der Waals surface area contributed by atoms with E-state index in [0.717, 1.165) is 16.7 Å². The number of hydrogen-bond donors (Lipinski definition) is 0. The third-order valence-corrected chi connectivity index (χ3v) is 12.3. The first kappa shape index (κ1) is 27.9. The van der Waals surface area contributed by atoms with E-state index in [0.29, 0.717) is 17.5 Å². The zero-order valence-corrected chi connectivity index (χ0v) is 28.2. The molecule has 0 unspecified atom stereocenters. The highest BCUT2D eigenvalue weighted by molar-refractivity contribution is 7.28. The molecule has 0 bridgehead atoms. The molecule has 8 aromatic carbocycles. The Morgan fingerprint density at radius 2 is 0.980 bits per heavy atom. The van der Waals surface area contributed by atoms with Gasteiger partial charge in [-0.15, -0.1) is 22.7 Å². The minimum Gasteiger partial charge on any atom is -0.208 e. The van der Waals surface area contributed by atoms with E-state index in [2.05, 4.69) is 133 Å². The summed E-state index contributed by atoms with van der Waals surface area (Å²) in [5.74, 6) is 2.01. The second-order valence-electron chi connectivity index (χ2n) is 12.8. The largest absolute Gasteiger partial charge is 0.208 e. The Balaban J connectivity index is 1.26. The Labute approximate surface area is 294 Å². The van der Waals surface area contributed by atoms with E-state index in [4.69, 9.17) is 15.0 Å². The van der Waals surface area contributed by atoms with Gasteiger partial charge in [0.25, 0.3) is 0 Å². The zero-order valence-electron chi connectivity index (χ0n) is 26.6. The first-order valence-corrected chi connectivity index (χ1v) is 18.3.